The van der Waals surface area contributed by atoms with Gasteiger partial charge in [-0.05, 0) is 57.5 Å². The number of hydrogen-bond donors (Lipinski definition) is 2. The number of sulfonamides is 1. The molecule has 0 saturated heterocycles. The molecule has 10 heteroatoms. The Morgan fingerprint density at radius 2 is 1.81 bits per heavy atom. The van der Waals surface area contributed by atoms with Gasteiger partial charge in [0.2, 0.25) is 10.0 Å². The summed E-state index contributed by atoms with van der Waals surface area (Å²) in [7, 11) is -3.46. The monoisotopic (exact) mass is 406 g/mol. The Bertz CT molecular complexity index is 1040. The number of nitrogens with zero attached hydrogens (tertiary/aromatic N) is 4. The molecule has 3 heterocycles. The quantitative estimate of drug-likeness (QED) is 0.584. The number of hydrogen-bond acceptors (Lipinski definition) is 7. The van der Waals surface area contributed by atoms with Gasteiger partial charge < -0.3 is 5.32 Å². The van der Waals surface area contributed by atoms with Crippen molar-refractivity contribution in [3.63, 3.8) is 0 Å². The summed E-state index contributed by atoms with van der Waals surface area (Å²) in [5, 5.41) is 15.8. The fourth-order valence-corrected chi connectivity index (χ4v) is 4.84. The lowest BCUT2D eigenvalue weighted by Crippen LogP contribution is -2.28. The third-order valence-corrected chi connectivity index (χ3v) is 7.18. The van der Waals surface area contributed by atoms with Crippen LogP contribution < -0.4 is 10.0 Å². The number of anilines is 1. The molecule has 0 spiro atoms. The maximum atomic E-state index is 12.2. The van der Waals surface area contributed by atoms with Gasteiger partial charge in [0.25, 0.3) is 0 Å². The molecule has 0 amide bonds. The van der Waals surface area contributed by atoms with Crippen molar-refractivity contribution in [2.24, 2.45) is 0 Å². The van der Waals surface area contributed by atoms with E-state index in [1.807, 2.05) is 33.8 Å². The van der Waals surface area contributed by atoms with Crippen LogP contribution in [0.5, 0.6) is 0 Å². The van der Waals surface area contributed by atoms with Gasteiger partial charge in [-0.15, -0.1) is 21.5 Å². The molecule has 0 aliphatic heterocycles. The van der Waals surface area contributed by atoms with Gasteiger partial charge in [-0.2, -0.15) is 5.10 Å². The number of rotatable bonds is 7. The molecule has 0 fully saturated rings. The molecule has 0 radical (unpaired) electrons. The molecule has 2 N–H and O–H groups in total. The van der Waals surface area contributed by atoms with Gasteiger partial charge in [0.05, 0.1) is 5.69 Å². The van der Waals surface area contributed by atoms with Crippen LogP contribution in [-0.4, -0.2) is 41.5 Å². The molecular weight excluding hydrogens is 384 g/mol. The first-order chi connectivity index (χ1) is 12.8. The van der Waals surface area contributed by atoms with E-state index < -0.39 is 10.0 Å². The first-order valence-corrected chi connectivity index (χ1v) is 10.7. The van der Waals surface area contributed by atoms with Crippen LogP contribution in [0, 0.1) is 27.7 Å². The van der Waals surface area contributed by atoms with Crippen LogP contribution in [0.15, 0.2) is 28.5 Å². The minimum absolute atomic E-state index is 0.249. The second-order valence-corrected chi connectivity index (χ2v) is 9.46. The highest BCUT2D eigenvalue weighted by molar-refractivity contribution is 7.91. The van der Waals surface area contributed by atoms with Gasteiger partial charge in [0.15, 0.2) is 5.82 Å². The van der Waals surface area contributed by atoms with E-state index >= 15 is 0 Å². The van der Waals surface area contributed by atoms with E-state index in [1.54, 1.807) is 22.9 Å². The molecule has 144 valence electrons. The van der Waals surface area contributed by atoms with Crippen LogP contribution in [0.2, 0.25) is 0 Å². The van der Waals surface area contributed by atoms with Crippen LogP contribution in [0.4, 0.5) is 5.82 Å². The standard InChI is InChI=1S/C17H22N6O2S2/c1-11-5-8-17(26-11)27(24,25)19-10-9-18-15-6-7-16(21-20-15)23-14(4)12(2)13(3)22-23/h5-8,19H,9-10H2,1-4H3,(H,18,20). The Kier molecular flexibility index (Phi) is 5.59. The predicted octanol–water partition coefficient (Wildman–Crippen LogP) is 2.35. The number of aromatic nitrogens is 4. The average molecular weight is 407 g/mol. The number of nitrogens with one attached hydrogen (secondary N) is 2. The molecule has 3 aromatic heterocycles. The SMILES string of the molecule is Cc1ccc(S(=O)(=O)NCCNc2ccc(-n3nc(C)c(C)c3C)nn2)s1. The Hall–Kier alpha value is -2.30. The predicted molar refractivity (Wildman–Crippen MR) is 106 cm³/mol. The zero-order valence-electron chi connectivity index (χ0n) is 15.6. The fourth-order valence-electron chi connectivity index (χ4n) is 2.48. The van der Waals surface area contributed by atoms with Gasteiger partial charge in [0.1, 0.15) is 10.0 Å². The molecule has 0 aromatic carbocycles. The summed E-state index contributed by atoms with van der Waals surface area (Å²) < 4.78 is 29.0. The van der Waals surface area contributed by atoms with Crippen molar-refractivity contribution in [1.82, 2.24) is 24.7 Å². The van der Waals surface area contributed by atoms with E-state index in [1.165, 1.54) is 11.3 Å². The molecule has 3 rings (SSSR count). The molecule has 0 unspecified atom stereocenters. The van der Waals surface area contributed by atoms with Crippen molar-refractivity contribution in [3.8, 4) is 5.82 Å². The lowest BCUT2D eigenvalue weighted by molar-refractivity contribution is 0.585. The fraction of sp³-hybridized carbons (Fsp3) is 0.353. The molecule has 0 aliphatic carbocycles. The lowest BCUT2D eigenvalue weighted by atomic mass is 10.2. The highest BCUT2D eigenvalue weighted by Gasteiger charge is 2.15. The van der Waals surface area contributed by atoms with Crippen LogP contribution in [0.25, 0.3) is 5.82 Å². The van der Waals surface area contributed by atoms with Crippen LogP contribution >= 0.6 is 11.3 Å². The van der Waals surface area contributed by atoms with Crippen molar-refractivity contribution in [2.75, 3.05) is 18.4 Å². The zero-order chi connectivity index (χ0) is 19.6. The number of aryl methyl sites for hydroxylation is 2. The molecule has 0 saturated carbocycles. The van der Waals surface area contributed by atoms with Crippen molar-refractivity contribution in [3.05, 3.63) is 46.1 Å². The first-order valence-electron chi connectivity index (χ1n) is 8.45. The Morgan fingerprint density at radius 3 is 2.37 bits per heavy atom. The van der Waals surface area contributed by atoms with E-state index in [4.69, 9.17) is 0 Å². The van der Waals surface area contributed by atoms with Crippen LogP contribution in [0.3, 0.4) is 0 Å². The minimum Gasteiger partial charge on any atom is -0.367 e. The Balaban J connectivity index is 1.55. The summed E-state index contributed by atoms with van der Waals surface area (Å²) in [5.41, 5.74) is 3.12. The summed E-state index contributed by atoms with van der Waals surface area (Å²) in [4.78, 5) is 0.960. The van der Waals surface area contributed by atoms with E-state index in [-0.39, 0.29) is 6.54 Å². The molecular formula is C17H22N6O2S2. The van der Waals surface area contributed by atoms with Crippen molar-refractivity contribution >= 4 is 27.2 Å². The normalized spacial score (nSPS) is 11.7. The molecule has 3 aromatic rings. The van der Waals surface area contributed by atoms with Gasteiger partial charge in [-0.3, -0.25) is 0 Å². The highest BCUT2D eigenvalue weighted by Crippen LogP contribution is 2.20. The van der Waals surface area contributed by atoms with Crippen LogP contribution in [0.1, 0.15) is 21.8 Å². The molecule has 0 aliphatic rings. The Morgan fingerprint density at radius 1 is 1.04 bits per heavy atom. The lowest BCUT2D eigenvalue weighted by Gasteiger charge is -2.08. The van der Waals surface area contributed by atoms with Crippen molar-refractivity contribution in [2.45, 2.75) is 31.9 Å². The zero-order valence-corrected chi connectivity index (χ0v) is 17.3. The molecule has 0 bridgehead atoms. The van der Waals surface area contributed by atoms with Gasteiger partial charge >= 0.3 is 0 Å². The van der Waals surface area contributed by atoms with Crippen molar-refractivity contribution < 1.29 is 8.42 Å². The third kappa shape index (κ3) is 4.34. The van der Waals surface area contributed by atoms with E-state index in [0.29, 0.717) is 22.4 Å². The summed E-state index contributed by atoms with van der Waals surface area (Å²) >= 11 is 1.25. The maximum absolute atomic E-state index is 12.2. The van der Waals surface area contributed by atoms with Crippen LogP contribution in [-0.2, 0) is 10.0 Å². The topological polar surface area (TPSA) is 102 Å². The second kappa shape index (κ2) is 7.75. The second-order valence-electron chi connectivity index (χ2n) is 6.17. The summed E-state index contributed by atoms with van der Waals surface area (Å²) in [5.74, 6) is 1.21. The first kappa shape index (κ1) is 19.5. The largest absolute Gasteiger partial charge is 0.367 e. The molecule has 27 heavy (non-hydrogen) atoms. The molecule has 0 atom stereocenters. The summed E-state index contributed by atoms with van der Waals surface area (Å²) in [6, 6.07) is 7.03. The van der Waals surface area contributed by atoms with E-state index in [2.05, 4.69) is 25.3 Å². The van der Waals surface area contributed by atoms with Gasteiger partial charge in [-0.1, -0.05) is 0 Å². The van der Waals surface area contributed by atoms with Crippen molar-refractivity contribution in [1.29, 1.82) is 0 Å². The highest BCUT2D eigenvalue weighted by atomic mass is 32.2. The van der Waals surface area contributed by atoms with E-state index in [0.717, 1.165) is 21.8 Å². The van der Waals surface area contributed by atoms with Gasteiger partial charge in [0, 0.05) is 23.7 Å². The Labute approximate surface area is 162 Å². The summed E-state index contributed by atoms with van der Waals surface area (Å²) in [6.07, 6.45) is 0. The van der Waals surface area contributed by atoms with Gasteiger partial charge in [-0.25, -0.2) is 17.8 Å². The smallest absolute Gasteiger partial charge is 0.250 e. The number of thiophene rings is 1. The maximum Gasteiger partial charge on any atom is 0.250 e. The minimum atomic E-state index is -3.46. The average Bonchev–Trinajstić information content (AvgIpc) is 3.19. The summed E-state index contributed by atoms with van der Waals surface area (Å²) in [6.45, 7) is 8.50. The third-order valence-electron chi connectivity index (χ3n) is 4.22. The van der Waals surface area contributed by atoms with E-state index in [9.17, 15) is 8.42 Å². The molecule has 8 nitrogen and oxygen atoms in total.